The van der Waals surface area contributed by atoms with Crippen molar-refractivity contribution in [2.75, 3.05) is 31.1 Å². The van der Waals surface area contributed by atoms with Crippen molar-refractivity contribution in [2.24, 2.45) is 5.92 Å². The van der Waals surface area contributed by atoms with Crippen LogP contribution in [0.2, 0.25) is 0 Å². The van der Waals surface area contributed by atoms with Crippen molar-refractivity contribution < 1.29 is 9.72 Å². The number of benzene rings is 1. The number of hydrogen-bond acceptors (Lipinski definition) is 6. The second kappa shape index (κ2) is 11.0. The summed E-state index contributed by atoms with van der Waals surface area (Å²) in [6.45, 7) is 15.0. The number of nitrogens with one attached hydrogen (secondary N) is 1. The summed E-state index contributed by atoms with van der Waals surface area (Å²) in [5, 5.41) is 14.1. The molecule has 1 aromatic carbocycles. The number of amides is 2. The Balaban J connectivity index is 1.89. The number of nitrogens with zero attached hydrogens (tertiary/aromatic N) is 5. The Hall–Kier alpha value is -3.23. The highest BCUT2D eigenvalue weighted by molar-refractivity contribution is 5.75. The smallest absolute Gasteiger partial charge is 0.317 e. The number of urea groups is 1. The van der Waals surface area contributed by atoms with Crippen LogP contribution in [0.25, 0.3) is 0 Å². The molecule has 1 fully saturated rings. The van der Waals surface area contributed by atoms with Crippen molar-refractivity contribution in [3.05, 3.63) is 57.0 Å². The minimum Gasteiger partial charge on any atom is -0.353 e. The number of non-ortho nitro benzene ring substituents is 1. The van der Waals surface area contributed by atoms with Gasteiger partial charge in [0.15, 0.2) is 0 Å². The van der Waals surface area contributed by atoms with Gasteiger partial charge in [-0.25, -0.2) is 14.8 Å². The fourth-order valence-corrected chi connectivity index (χ4v) is 4.22. The normalized spacial score (nSPS) is 14.4. The molecule has 1 saturated heterocycles. The maximum atomic E-state index is 12.6. The lowest BCUT2D eigenvalue weighted by Gasteiger charge is -2.38. The molecule has 0 bridgehead atoms. The van der Waals surface area contributed by atoms with Gasteiger partial charge in [-0.05, 0) is 38.7 Å². The molecule has 9 nitrogen and oxygen atoms in total. The molecule has 0 aliphatic carbocycles. The molecule has 2 heterocycles. The standard InChI is InChI=1S/C26H38N6O3/c1-7-22-21(17-19-8-10-20(11-9-19)32(34)35)24(28-23(27-22)16-18(2)3)30-12-14-31(15-13-30)25(33)29-26(4,5)6/h8-11,18H,7,12-17H2,1-6H3,(H,29,33). The van der Waals surface area contributed by atoms with Crippen molar-refractivity contribution in [1.29, 1.82) is 0 Å². The number of piperazine rings is 1. The van der Waals surface area contributed by atoms with Crippen LogP contribution in [-0.4, -0.2) is 57.5 Å². The second-order valence-corrected chi connectivity index (χ2v) is 10.6. The Morgan fingerprint density at radius 2 is 1.74 bits per heavy atom. The van der Waals surface area contributed by atoms with Gasteiger partial charge in [0.25, 0.3) is 5.69 Å². The zero-order valence-electron chi connectivity index (χ0n) is 21.8. The van der Waals surface area contributed by atoms with E-state index in [-0.39, 0.29) is 22.2 Å². The fourth-order valence-electron chi connectivity index (χ4n) is 4.22. The Labute approximate surface area is 208 Å². The third-order valence-electron chi connectivity index (χ3n) is 5.92. The van der Waals surface area contributed by atoms with Gasteiger partial charge in [-0.1, -0.05) is 32.9 Å². The number of aromatic nitrogens is 2. The average molecular weight is 483 g/mol. The zero-order chi connectivity index (χ0) is 25.8. The van der Waals surface area contributed by atoms with Gasteiger partial charge in [0.05, 0.1) is 4.92 Å². The number of hydrogen-bond donors (Lipinski definition) is 1. The molecular weight excluding hydrogens is 444 g/mol. The van der Waals surface area contributed by atoms with E-state index < -0.39 is 0 Å². The molecule has 2 amide bonds. The minimum atomic E-state index is -0.383. The van der Waals surface area contributed by atoms with Crippen LogP contribution in [0.4, 0.5) is 16.3 Å². The van der Waals surface area contributed by atoms with E-state index in [1.54, 1.807) is 24.3 Å². The molecule has 0 unspecified atom stereocenters. The maximum Gasteiger partial charge on any atom is 0.317 e. The third kappa shape index (κ3) is 7.13. The van der Waals surface area contributed by atoms with Gasteiger partial charge in [0.2, 0.25) is 0 Å². The number of nitro benzene ring substituents is 1. The van der Waals surface area contributed by atoms with E-state index in [2.05, 4.69) is 31.0 Å². The van der Waals surface area contributed by atoms with Gasteiger partial charge in [-0.3, -0.25) is 10.1 Å². The Kier molecular flexibility index (Phi) is 8.30. The minimum absolute atomic E-state index is 0.0410. The van der Waals surface area contributed by atoms with Crippen LogP contribution < -0.4 is 10.2 Å². The molecule has 2 aromatic rings. The maximum absolute atomic E-state index is 12.6. The highest BCUT2D eigenvalue weighted by Gasteiger charge is 2.27. The summed E-state index contributed by atoms with van der Waals surface area (Å²) < 4.78 is 0. The molecule has 1 aliphatic heterocycles. The van der Waals surface area contributed by atoms with E-state index in [0.717, 1.165) is 41.3 Å². The van der Waals surface area contributed by atoms with Gasteiger partial charge in [-0.2, -0.15) is 0 Å². The number of nitro groups is 1. The van der Waals surface area contributed by atoms with E-state index in [1.807, 2.05) is 25.7 Å². The summed E-state index contributed by atoms with van der Waals surface area (Å²) in [4.78, 5) is 37.3. The number of carbonyl (C=O) groups excluding carboxylic acids is 1. The molecule has 35 heavy (non-hydrogen) atoms. The monoisotopic (exact) mass is 482 g/mol. The molecule has 1 N–H and O–H groups in total. The van der Waals surface area contributed by atoms with Crippen LogP contribution in [0.1, 0.15) is 64.2 Å². The lowest BCUT2D eigenvalue weighted by atomic mass is 10.0. The predicted octanol–water partition coefficient (Wildman–Crippen LogP) is 4.37. The Morgan fingerprint density at radius 3 is 2.26 bits per heavy atom. The number of carbonyl (C=O) groups is 1. The van der Waals surface area contributed by atoms with E-state index >= 15 is 0 Å². The predicted molar refractivity (Wildman–Crippen MR) is 138 cm³/mol. The van der Waals surface area contributed by atoms with E-state index in [9.17, 15) is 14.9 Å². The topological polar surface area (TPSA) is 104 Å². The van der Waals surface area contributed by atoms with E-state index in [1.165, 1.54) is 0 Å². The first-order valence-electron chi connectivity index (χ1n) is 12.4. The van der Waals surface area contributed by atoms with Gasteiger partial charge in [-0.15, -0.1) is 0 Å². The number of anilines is 1. The first-order valence-corrected chi connectivity index (χ1v) is 12.4. The average Bonchev–Trinajstić information content (AvgIpc) is 2.78. The summed E-state index contributed by atoms with van der Waals surface area (Å²) in [5.74, 6) is 2.19. The molecule has 0 saturated carbocycles. The zero-order valence-corrected chi connectivity index (χ0v) is 21.8. The van der Waals surface area contributed by atoms with Crippen LogP contribution >= 0.6 is 0 Å². The first kappa shape index (κ1) is 26.4. The molecule has 0 atom stereocenters. The number of aryl methyl sites for hydroxylation is 1. The summed E-state index contributed by atoms with van der Waals surface area (Å²) in [5.41, 5.74) is 2.85. The van der Waals surface area contributed by atoms with E-state index in [4.69, 9.17) is 9.97 Å². The van der Waals surface area contributed by atoms with Crippen LogP contribution in [0, 0.1) is 16.0 Å². The Bertz CT molecular complexity index is 1040. The van der Waals surface area contributed by atoms with Crippen molar-refractivity contribution in [3.63, 3.8) is 0 Å². The SMILES string of the molecule is CCc1nc(CC(C)C)nc(N2CCN(C(=O)NC(C)(C)C)CC2)c1Cc1ccc([N+](=O)[O-])cc1. The second-order valence-electron chi connectivity index (χ2n) is 10.6. The molecule has 3 rings (SSSR count). The van der Waals surface area contributed by atoms with Gasteiger partial charge in [0, 0.05) is 67.9 Å². The van der Waals surface area contributed by atoms with Crippen LogP contribution in [0.15, 0.2) is 24.3 Å². The quantitative estimate of drug-likeness (QED) is 0.464. The molecule has 1 aromatic heterocycles. The lowest BCUT2D eigenvalue weighted by Crippen LogP contribution is -2.55. The van der Waals surface area contributed by atoms with Crippen molar-refractivity contribution in [2.45, 2.75) is 66.3 Å². The highest BCUT2D eigenvalue weighted by Crippen LogP contribution is 2.27. The van der Waals surface area contributed by atoms with E-state index in [0.29, 0.717) is 38.5 Å². The van der Waals surface area contributed by atoms with Crippen LogP contribution in [0.3, 0.4) is 0 Å². The molecule has 9 heteroatoms. The summed E-state index contributed by atoms with van der Waals surface area (Å²) in [6, 6.07) is 6.65. The molecule has 190 valence electrons. The lowest BCUT2D eigenvalue weighted by molar-refractivity contribution is -0.384. The van der Waals surface area contributed by atoms with Gasteiger partial charge >= 0.3 is 6.03 Å². The van der Waals surface area contributed by atoms with Crippen LogP contribution in [0.5, 0.6) is 0 Å². The third-order valence-corrected chi connectivity index (χ3v) is 5.92. The highest BCUT2D eigenvalue weighted by atomic mass is 16.6. The number of rotatable bonds is 7. The molecular formula is C26H38N6O3. The largest absolute Gasteiger partial charge is 0.353 e. The first-order chi connectivity index (χ1) is 16.5. The molecule has 1 aliphatic rings. The van der Waals surface area contributed by atoms with Crippen molar-refractivity contribution >= 4 is 17.5 Å². The summed E-state index contributed by atoms with van der Waals surface area (Å²) in [6.07, 6.45) is 2.17. The van der Waals surface area contributed by atoms with Crippen molar-refractivity contribution in [1.82, 2.24) is 20.2 Å². The fraction of sp³-hybridized carbons (Fsp3) is 0.577. The van der Waals surface area contributed by atoms with Gasteiger partial charge < -0.3 is 15.1 Å². The Morgan fingerprint density at radius 1 is 1.11 bits per heavy atom. The summed E-state index contributed by atoms with van der Waals surface area (Å²) in [7, 11) is 0. The van der Waals surface area contributed by atoms with Crippen LogP contribution in [-0.2, 0) is 19.3 Å². The molecule has 0 radical (unpaired) electrons. The van der Waals surface area contributed by atoms with Gasteiger partial charge in [0.1, 0.15) is 11.6 Å². The van der Waals surface area contributed by atoms with Crippen molar-refractivity contribution in [3.8, 4) is 0 Å². The molecule has 0 spiro atoms. The summed E-state index contributed by atoms with van der Waals surface area (Å²) >= 11 is 0.